The summed E-state index contributed by atoms with van der Waals surface area (Å²) in [7, 11) is 1.63. The number of nitrogens with zero attached hydrogens (tertiary/aromatic N) is 6. The van der Waals surface area contributed by atoms with Gasteiger partial charge in [0.05, 0.1) is 17.9 Å². The molecule has 3 aromatic rings. The molecule has 2 aromatic heterocycles. The van der Waals surface area contributed by atoms with E-state index in [1.54, 1.807) is 19.4 Å². The zero-order valence-corrected chi connectivity index (χ0v) is 20.2. The Bertz CT molecular complexity index is 1160. The number of rotatable bonds is 5. The van der Waals surface area contributed by atoms with Gasteiger partial charge in [0.25, 0.3) is 5.91 Å². The van der Waals surface area contributed by atoms with Crippen LogP contribution in [-0.2, 0) is 0 Å². The Hall–Kier alpha value is -2.76. The Morgan fingerprint density at radius 3 is 2.81 bits per heavy atom. The van der Waals surface area contributed by atoms with E-state index in [0.717, 1.165) is 45.8 Å². The van der Waals surface area contributed by atoms with E-state index in [1.807, 2.05) is 22.9 Å². The number of aromatic nitrogens is 5. The second kappa shape index (κ2) is 8.64. The molecule has 0 spiro atoms. The van der Waals surface area contributed by atoms with Gasteiger partial charge in [0.15, 0.2) is 11.6 Å². The minimum Gasteiger partial charge on any atom is -0.355 e. The van der Waals surface area contributed by atoms with E-state index >= 15 is 0 Å². The molecule has 2 aliphatic rings. The molecule has 5 rings (SSSR count). The fourth-order valence-corrected chi connectivity index (χ4v) is 5.38. The summed E-state index contributed by atoms with van der Waals surface area (Å²) in [5.74, 6) is 2.30. The minimum absolute atomic E-state index is 0.109. The molecule has 0 radical (unpaired) electrons. The van der Waals surface area contributed by atoms with Crippen molar-refractivity contribution in [1.82, 2.24) is 30.0 Å². The molecule has 166 valence electrons. The van der Waals surface area contributed by atoms with Crippen LogP contribution in [0.15, 0.2) is 30.7 Å². The van der Waals surface area contributed by atoms with E-state index in [2.05, 4.69) is 60.2 Å². The lowest BCUT2D eigenvalue weighted by molar-refractivity contribution is 0.0963. The second-order valence-electron chi connectivity index (χ2n) is 8.13. The summed E-state index contributed by atoms with van der Waals surface area (Å²) < 4.78 is 2.94. The van der Waals surface area contributed by atoms with Crippen LogP contribution in [0.4, 0.5) is 17.5 Å². The maximum Gasteiger partial charge on any atom is 0.251 e. The summed E-state index contributed by atoms with van der Waals surface area (Å²) >= 11 is 2.22. The van der Waals surface area contributed by atoms with Gasteiger partial charge in [0.2, 0.25) is 5.95 Å². The number of halogens is 1. The van der Waals surface area contributed by atoms with Crippen LogP contribution in [0.1, 0.15) is 61.3 Å². The van der Waals surface area contributed by atoms with Crippen molar-refractivity contribution < 1.29 is 4.79 Å². The molecular formula is C22H25IN8O. The highest BCUT2D eigenvalue weighted by Crippen LogP contribution is 2.42. The van der Waals surface area contributed by atoms with Crippen molar-refractivity contribution in [2.45, 2.75) is 51.1 Å². The Morgan fingerprint density at radius 1 is 1.28 bits per heavy atom. The maximum atomic E-state index is 11.9. The summed E-state index contributed by atoms with van der Waals surface area (Å²) in [6.45, 7) is 2.19. The molecule has 32 heavy (non-hydrogen) atoms. The van der Waals surface area contributed by atoms with Crippen LogP contribution in [-0.4, -0.2) is 43.7 Å². The van der Waals surface area contributed by atoms with Crippen molar-refractivity contribution in [2.75, 3.05) is 17.3 Å². The number of fused-ring (bicyclic) bond motifs is 3. The first-order valence-electron chi connectivity index (χ1n) is 10.9. The first-order chi connectivity index (χ1) is 15.6. The van der Waals surface area contributed by atoms with E-state index in [1.165, 1.54) is 12.8 Å². The highest BCUT2D eigenvalue weighted by atomic mass is 127. The smallest absolute Gasteiger partial charge is 0.251 e. The van der Waals surface area contributed by atoms with Crippen LogP contribution < -0.4 is 15.5 Å². The minimum atomic E-state index is -0.109. The van der Waals surface area contributed by atoms with Crippen molar-refractivity contribution in [1.29, 1.82) is 0 Å². The Balaban J connectivity index is 1.53. The van der Waals surface area contributed by atoms with Gasteiger partial charge in [-0.1, -0.05) is 19.8 Å². The SMILES string of the molecule is CC[C@@H]1c2nncn2-c2cnc(Nc3ccc(C(=O)NC)cc3I)nc2N1C1CCCC1. The molecule has 1 amide bonds. The largest absolute Gasteiger partial charge is 0.355 e. The molecule has 0 bridgehead atoms. The molecular weight excluding hydrogens is 519 g/mol. The van der Waals surface area contributed by atoms with Gasteiger partial charge in [-0.3, -0.25) is 9.36 Å². The summed E-state index contributed by atoms with van der Waals surface area (Å²) in [5.41, 5.74) is 2.39. The van der Waals surface area contributed by atoms with E-state index < -0.39 is 0 Å². The summed E-state index contributed by atoms with van der Waals surface area (Å²) in [6, 6.07) is 6.11. The molecule has 10 heteroatoms. The Kier molecular flexibility index (Phi) is 5.70. The number of nitrogens with one attached hydrogen (secondary N) is 2. The van der Waals surface area contributed by atoms with Gasteiger partial charge in [0, 0.05) is 22.2 Å². The zero-order chi connectivity index (χ0) is 22.2. The van der Waals surface area contributed by atoms with Crippen molar-refractivity contribution in [3.8, 4) is 5.69 Å². The van der Waals surface area contributed by atoms with E-state index in [-0.39, 0.29) is 11.9 Å². The van der Waals surface area contributed by atoms with Gasteiger partial charge in [0.1, 0.15) is 12.0 Å². The van der Waals surface area contributed by atoms with E-state index in [4.69, 9.17) is 4.98 Å². The molecule has 9 nitrogen and oxygen atoms in total. The molecule has 1 fully saturated rings. The lowest BCUT2D eigenvalue weighted by atomic mass is 10.0. The molecule has 3 heterocycles. The van der Waals surface area contributed by atoms with Crippen molar-refractivity contribution in [2.24, 2.45) is 0 Å². The fraction of sp³-hybridized carbons (Fsp3) is 0.409. The summed E-state index contributed by atoms with van der Waals surface area (Å²) in [5, 5.41) is 14.6. The molecule has 0 saturated heterocycles. The van der Waals surface area contributed by atoms with Gasteiger partial charge >= 0.3 is 0 Å². The van der Waals surface area contributed by atoms with Crippen molar-refractivity contribution in [3.05, 3.63) is 45.7 Å². The van der Waals surface area contributed by atoms with E-state index in [9.17, 15) is 4.79 Å². The third-order valence-corrected chi connectivity index (χ3v) is 7.16. The molecule has 1 atom stereocenters. The van der Waals surface area contributed by atoms with Crippen LogP contribution in [0, 0.1) is 3.57 Å². The fourth-order valence-electron chi connectivity index (χ4n) is 4.73. The molecule has 1 aliphatic heterocycles. The number of hydrogen-bond acceptors (Lipinski definition) is 7. The molecule has 1 aliphatic carbocycles. The van der Waals surface area contributed by atoms with Crippen LogP contribution in [0.2, 0.25) is 0 Å². The highest BCUT2D eigenvalue weighted by molar-refractivity contribution is 14.1. The van der Waals surface area contributed by atoms with Crippen molar-refractivity contribution >= 4 is 46.0 Å². The number of carbonyl (C=O) groups excluding carboxylic acids is 1. The molecule has 1 saturated carbocycles. The highest BCUT2D eigenvalue weighted by Gasteiger charge is 2.38. The molecule has 0 unspecified atom stereocenters. The average Bonchev–Trinajstić information content (AvgIpc) is 3.51. The normalized spacial score (nSPS) is 17.7. The first-order valence-corrected chi connectivity index (χ1v) is 12.0. The van der Waals surface area contributed by atoms with Crippen LogP contribution in [0.25, 0.3) is 5.69 Å². The standard InChI is InChI=1S/C22H25IN8O/c1-3-17-20-29-26-12-30(20)18-11-25-22(28-19(18)31(17)14-6-4-5-7-14)27-16-9-8-13(10-15(16)23)21(32)24-2/h8-12,14,17H,3-7H2,1-2H3,(H,24,32)(H,25,27,28)/t17-/m1/s1. The number of amides is 1. The maximum absolute atomic E-state index is 11.9. The van der Waals surface area contributed by atoms with Crippen LogP contribution in [0.3, 0.4) is 0 Å². The van der Waals surface area contributed by atoms with Gasteiger partial charge in [-0.05, 0) is 60.1 Å². The number of carbonyl (C=O) groups is 1. The van der Waals surface area contributed by atoms with Crippen LogP contribution >= 0.6 is 22.6 Å². The van der Waals surface area contributed by atoms with Gasteiger partial charge in [-0.15, -0.1) is 10.2 Å². The van der Waals surface area contributed by atoms with Gasteiger partial charge in [-0.25, -0.2) is 4.98 Å². The average molecular weight is 544 g/mol. The van der Waals surface area contributed by atoms with E-state index in [0.29, 0.717) is 17.6 Å². The second-order valence-corrected chi connectivity index (χ2v) is 9.29. The summed E-state index contributed by atoms with van der Waals surface area (Å²) in [6.07, 6.45) is 9.33. The third-order valence-electron chi connectivity index (χ3n) is 6.27. The number of hydrogen-bond donors (Lipinski definition) is 2. The van der Waals surface area contributed by atoms with Gasteiger partial charge < -0.3 is 15.5 Å². The molecule has 2 N–H and O–H groups in total. The topological polar surface area (TPSA) is 101 Å². The lowest BCUT2D eigenvalue weighted by Gasteiger charge is -2.40. The quantitative estimate of drug-likeness (QED) is 0.469. The monoisotopic (exact) mass is 544 g/mol. The van der Waals surface area contributed by atoms with Gasteiger partial charge in [-0.2, -0.15) is 4.98 Å². The third kappa shape index (κ3) is 3.59. The van der Waals surface area contributed by atoms with Crippen molar-refractivity contribution in [3.63, 3.8) is 0 Å². The summed E-state index contributed by atoms with van der Waals surface area (Å²) in [4.78, 5) is 23.9. The van der Waals surface area contributed by atoms with Crippen LogP contribution in [0.5, 0.6) is 0 Å². The number of benzene rings is 1. The zero-order valence-electron chi connectivity index (χ0n) is 18.0. The molecule has 1 aromatic carbocycles. The predicted octanol–water partition coefficient (Wildman–Crippen LogP) is 3.98. The lowest BCUT2D eigenvalue weighted by Crippen LogP contribution is -2.42. The number of anilines is 3. The predicted molar refractivity (Wildman–Crippen MR) is 131 cm³/mol. The Labute approximate surface area is 200 Å². The Morgan fingerprint density at radius 2 is 2.09 bits per heavy atom. The first kappa shape index (κ1) is 21.1.